The van der Waals surface area contributed by atoms with E-state index in [1.807, 2.05) is 6.92 Å². The number of hydrogen-bond acceptors (Lipinski definition) is 2. The number of H-pyrrole nitrogens is 1. The second-order valence-corrected chi connectivity index (χ2v) is 4.91. The summed E-state index contributed by atoms with van der Waals surface area (Å²) < 4.78 is 5.72. The molecule has 1 aromatic heterocycles. The third-order valence-electron chi connectivity index (χ3n) is 3.36. The molecule has 1 aromatic carbocycles. The van der Waals surface area contributed by atoms with Crippen LogP contribution in [0.25, 0.3) is 10.9 Å². The average Bonchev–Trinajstić information content (AvgIpc) is 2.72. The van der Waals surface area contributed by atoms with E-state index in [1.165, 1.54) is 22.0 Å². The molecule has 1 aliphatic heterocycles. The Kier molecular flexibility index (Phi) is 3.83. The van der Waals surface area contributed by atoms with Crippen LogP contribution in [-0.2, 0) is 12.8 Å². The van der Waals surface area contributed by atoms with Crippen LogP contribution in [0.3, 0.4) is 0 Å². The largest absolute Gasteiger partial charge is 0.493 e. The number of nitrogens with one attached hydrogen (secondary N) is 1. The summed E-state index contributed by atoms with van der Waals surface area (Å²) in [6.45, 7) is 2.89. The Morgan fingerprint density at radius 3 is 3.06 bits per heavy atom. The van der Waals surface area contributed by atoms with Crippen LogP contribution in [-0.4, -0.2) is 17.6 Å². The van der Waals surface area contributed by atoms with Crippen molar-refractivity contribution < 1.29 is 4.74 Å². The molecule has 18 heavy (non-hydrogen) atoms. The Labute approximate surface area is 113 Å². The molecule has 0 amide bonds. The van der Waals surface area contributed by atoms with E-state index in [2.05, 4.69) is 23.3 Å². The number of aryl methyl sites for hydroxylation is 1. The van der Waals surface area contributed by atoms with Crippen molar-refractivity contribution in [2.24, 2.45) is 5.73 Å². The van der Waals surface area contributed by atoms with Crippen LogP contribution < -0.4 is 10.5 Å². The predicted molar refractivity (Wildman–Crippen MR) is 76.7 cm³/mol. The summed E-state index contributed by atoms with van der Waals surface area (Å²) in [6, 6.07) is 4.36. The summed E-state index contributed by atoms with van der Waals surface area (Å²) in [5.74, 6) is 1.05. The average molecular weight is 267 g/mol. The van der Waals surface area contributed by atoms with Crippen molar-refractivity contribution in [3.05, 3.63) is 29.5 Å². The third kappa shape index (κ3) is 2.20. The maximum Gasteiger partial charge on any atom is 0.123 e. The number of aromatic amines is 1. The van der Waals surface area contributed by atoms with Gasteiger partial charge in [-0.1, -0.05) is 0 Å². The minimum atomic E-state index is 0. The summed E-state index contributed by atoms with van der Waals surface area (Å²) in [5.41, 5.74) is 9.77. The molecule has 0 radical (unpaired) electrons. The molecule has 0 fully saturated rings. The van der Waals surface area contributed by atoms with Crippen molar-refractivity contribution in [3.63, 3.8) is 0 Å². The molecule has 2 heterocycles. The maximum absolute atomic E-state index is 5.91. The van der Waals surface area contributed by atoms with Gasteiger partial charge in [0, 0.05) is 28.7 Å². The Morgan fingerprint density at radius 1 is 1.44 bits per heavy atom. The van der Waals surface area contributed by atoms with E-state index in [-0.39, 0.29) is 18.4 Å². The molecule has 98 valence electrons. The second kappa shape index (κ2) is 5.21. The fourth-order valence-electron chi connectivity index (χ4n) is 2.68. The van der Waals surface area contributed by atoms with Crippen molar-refractivity contribution in [1.29, 1.82) is 0 Å². The molecular formula is C14H19ClN2O. The minimum Gasteiger partial charge on any atom is -0.493 e. The highest BCUT2D eigenvalue weighted by molar-refractivity contribution is 5.89. The summed E-state index contributed by atoms with van der Waals surface area (Å²) in [7, 11) is 0. The summed E-state index contributed by atoms with van der Waals surface area (Å²) >= 11 is 0. The van der Waals surface area contributed by atoms with Gasteiger partial charge in [0.1, 0.15) is 5.75 Å². The first kappa shape index (κ1) is 13.2. The van der Waals surface area contributed by atoms with Crippen molar-refractivity contribution in [3.8, 4) is 5.75 Å². The molecule has 1 aliphatic rings. The molecule has 0 bridgehead atoms. The molecule has 0 unspecified atom stereocenters. The van der Waals surface area contributed by atoms with Crippen LogP contribution in [0.1, 0.15) is 24.5 Å². The maximum atomic E-state index is 5.91. The fraction of sp³-hybridized carbons (Fsp3) is 0.429. The number of halogens is 1. The summed E-state index contributed by atoms with van der Waals surface area (Å²) in [4.78, 5) is 3.33. The molecular weight excluding hydrogens is 248 g/mol. The third-order valence-corrected chi connectivity index (χ3v) is 3.36. The first-order valence-corrected chi connectivity index (χ1v) is 6.26. The van der Waals surface area contributed by atoms with Crippen LogP contribution in [0.5, 0.6) is 5.75 Å². The Bertz CT molecular complexity index is 548. The lowest BCUT2D eigenvalue weighted by Crippen LogP contribution is -2.17. The lowest BCUT2D eigenvalue weighted by molar-refractivity contribution is 0.289. The zero-order valence-electron chi connectivity index (χ0n) is 10.5. The lowest BCUT2D eigenvalue weighted by Gasteiger charge is -2.18. The van der Waals surface area contributed by atoms with Crippen molar-refractivity contribution in [1.82, 2.24) is 4.98 Å². The van der Waals surface area contributed by atoms with E-state index in [9.17, 15) is 0 Å². The molecule has 0 spiro atoms. The number of hydrogen-bond donors (Lipinski definition) is 2. The van der Waals surface area contributed by atoms with Crippen LogP contribution in [0.4, 0.5) is 0 Å². The zero-order valence-corrected chi connectivity index (χ0v) is 11.3. The van der Waals surface area contributed by atoms with E-state index in [4.69, 9.17) is 10.5 Å². The lowest BCUT2D eigenvalue weighted by atomic mass is 9.97. The first-order chi connectivity index (χ1) is 8.25. The van der Waals surface area contributed by atoms with Gasteiger partial charge in [-0.25, -0.2) is 0 Å². The van der Waals surface area contributed by atoms with Gasteiger partial charge in [-0.3, -0.25) is 0 Å². The molecule has 2 aromatic rings. The molecule has 3 N–H and O–H groups in total. The van der Waals surface area contributed by atoms with Gasteiger partial charge in [0.25, 0.3) is 0 Å². The highest BCUT2D eigenvalue weighted by atomic mass is 35.5. The van der Waals surface area contributed by atoms with Gasteiger partial charge in [-0.2, -0.15) is 0 Å². The molecule has 0 aliphatic carbocycles. The summed E-state index contributed by atoms with van der Waals surface area (Å²) in [5, 5.41) is 1.33. The number of nitrogens with two attached hydrogens (primary N) is 1. The fourth-order valence-corrected chi connectivity index (χ4v) is 2.68. The molecule has 0 saturated carbocycles. The van der Waals surface area contributed by atoms with Crippen molar-refractivity contribution >= 4 is 23.3 Å². The normalized spacial score (nSPS) is 15.7. The van der Waals surface area contributed by atoms with Gasteiger partial charge < -0.3 is 15.5 Å². The van der Waals surface area contributed by atoms with Crippen LogP contribution >= 0.6 is 12.4 Å². The zero-order chi connectivity index (χ0) is 11.8. The SMILES string of the molecule is C[C@H](N)Cc1c[nH]c2ccc3c(c12)CCCO3.Cl. The minimum absolute atomic E-state index is 0. The second-order valence-electron chi connectivity index (χ2n) is 4.91. The van der Waals surface area contributed by atoms with Crippen molar-refractivity contribution in [2.75, 3.05) is 6.61 Å². The number of fused-ring (bicyclic) bond motifs is 3. The van der Waals surface area contributed by atoms with E-state index < -0.39 is 0 Å². The van der Waals surface area contributed by atoms with Gasteiger partial charge >= 0.3 is 0 Å². The summed E-state index contributed by atoms with van der Waals surface area (Å²) in [6.07, 6.45) is 5.21. The number of benzene rings is 1. The topological polar surface area (TPSA) is 51.0 Å². The number of aromatic nitrogens is 1. The van der Waals surface area contributed by atoms with E-state index in [0.29, 0.717) is 0 Å². The van der Waals surface area contributed by atoms with Gasteiger partial charge in [0.05, 0.1) is 6.61 Å². The smallest absolute Gasteiger partial charge is 0.123 e. The molecule has 3 rings (SSSR count). The van der Waals surface area contributed by atoms with Crippen LogP contribution in [0.2, 0.25) is 0 Å². The predicted octanol–water partition coefficient (Wildman–Crippen LogP) is 2.80. The first-order valence-electron chi connectivity index (χ1n) is 6.26. The van der Waals surface area contributed by atoms with Gasteiger partial charge in [-0.15, -0.1) is 12.4 Å². The molecule has 1 atom stereocenters. The number of ether oxygens (including phenoxy) is 1. The van der Waals surface area contributed by atoms with Crippen molar-refractivity contribution in [2.45, 2.75) is 32.2 Å². The Hall–Kier alpha value is -1.19. The van der Waals surface area contributed by atoms with Gasteiger partial charge in [0.15, 0.2) is 0 Å². The number of rotatable bonds is 2. The van der Waals surface area contributed by atoms with E-state index in [0.717, 1.165) is 31.6 Å². The highest BCUT2D eigenvalue weighted by Gasteiger charge is 2.17. The Morgan fingerprint density at radius 2 is 2.28 bits per heavy atom. The van der Waals surface area contributed by atoms with Gasteiger partial charge in [0.2, 0.25) is 0 Å². The monoisotopic (exact) mass is 266 g/mol. The van der Waals surface area contributed by atoms with E-state index in [1.54, 1.807) is 0 Å². The van der Waals surface area contributed by atoms with Crippen LogP contribution in [0.15, 0.2) is 18.3 Å². The molecule has 3 nitrogen and oxygen atoms in total. The van der Waals surface area contributed by atoms with E-state index >= 15 is 0 Å². The Balaban J connectivity index is 0.00000120. The molecule has 4 heteroatoms. The standard InChI is InChI=1S/C14H18N2O.ClH/c1-9(15)7-10-8-16-12-4-5-13-11(14(10)12)3-2-6-17-13;/h4-5,8-9,16H,2-3,6-7,15H2,1H3;1H/t9-;/m0./s1. The van der Waals surface area contributed by atoms with Crippen LogP contribution in [0, 0.1) is 0 Å². The molecule has 0 saturated heterocycles. The quantitative estimate of drug-likeness (QED) is 0.878. The van der Waals surface area contributed by atoms with Gasteiger partial charge in [-0.05, 0) is 43.9 Å². The highest BCUT2D eigenvalue weighted by Crippen LogP contribution is 2.34.